The van der Waals surface area contributed by atoms with Crippen molar-refractivity contribution < 1.29 is 19.1 Å². The lowest BCUT2D eigenvalue weighted by molar-refractivity contribution is -0.147. The normalized spacial score (nSPS) is 15.6. The van der Waals surface area contributed by atoms with Crippen LogP contribution >= 0.6 is 11.3 Å². The Kier molecular flexibility index (Phi) is 6.02. The Labute approximate surface area is 201 Å². The van der Waals surface area contributed by atoms with Crippen molar-refractivity contribution in [2.24, 2.45) is 7.05 Å². The number of aromatic nitrogens is 1. The van der Waals surface area contributed by atoms with Gasteiger partial charge in [0.05, 0.1) is 16.1 Å². The molecule has 6 nitrogen and oxygen atoms in total. The van der Waals surface area contributed by atoms with Crippen LogP contribution < -0.4 is 0 Å². The van der Waals surface area contributed by atoms with E-state index in [4.69, 9.17) is 4.74 Å². The molecule has 1 amide bonds. The maximum Gasteiger partial charge on any atom is 0.329 e. The Balaban J connectivity index is 1.38. The van der Waals surface area contributed by atoms with E-state index in [-0.39, 0.29) is 18.3 Å². The molecule has 7 heteroatoms. The van der Waals surface area contributed by atoms with E-state index in [1.165, 1.54) is 11.3 Å². The molecule has 1 aliphatic rings. The second kappa shape index (κ2) is 9.27. The Morgan fingerprint density at radius 3 is 2.53 bits per heavy atom. The van der Waals surface area contributed by atoms with E-state index in [2.05, 4.69) is 0 Å². The molecule has 172 valence electrons. The second-order valence-corrected chi connectivity index (χ2v) is 9.28. The van der Waals surface area contributed by atoms with Gasteiger partial charge in [0, 0.05) is 24.5 Å². The van der Waals surface area contributed by atoms with Crippen molar-refractivity contribution in [2.75, 3.05) is 13.2 Å². The van der Waals surface area contributed by atoms with Crippen molar-refractivity contribution in [2.45, 2.75) is 18.9 Å². The number of para-hydroxylation sites is 1. The zero-order valence-electron chi connectivity index (χ0n) is 18.8. The minimum atomic E-state index is -0.663. The zero-order valence-corrected chi connectivity index (χ0v) is 19.6. The van der Waals surface area contributed by atoms with Crippen LogP contribution in [0, 0.1) is 0 Å². The number of ketones is 1. The molecule has 0 bridgehead atoms. The van der Waals surface area contributed by atoms with Crippen molar-refractivity contribution >= 4 is 39.9 Å². The molecule has 1 aliphatic heterocycles. The monoisotopic (exact) mass is 472 g/mol. The summed E-state index contributed by atoms with van der Waals surface area (Å²) in [5.74, 6) is -0.961. The zero-order chi connectivity index (χ0) is 23.7. The summed E-state index contributed by atoms with van der Waals surface area (Å²) in [4.78, 5) is 41.3. The number of hydrogen-bond acceptors (Lipinski definition) is 5. The van der Waals surface area contributed by atoms with Gasteiger partial charge in [-0.05, 0) is 35.9 Å². The lowest BCUT2D eigenvalue weighted by Gasteiger charge is -2.22. The molecule has 1 atom stereocenters. The molecule has 1 saturated heterocycles. The molecule has 34 heavy (non-hydrogen) atoms. The van der Waals surface area contributed by atoms with Crippen molar-refractivity contribution in [1.82, 2.24) is 9.47 Å². The lowest BCUT2D eigenvalue weighted by Crippen LogP contribution is -2.41. The summed E-state index contributed by atoms with van der Waals surface area (Å²) in [5, 5.41) is 2.66. The van der Waals surface area contributed by atoms with E-state index in [9.17, 15) is 14.4 Å². The summed E-state index contributed by atoms with van der Waals surface area (Å²) in [7, 11) is 1.93. The maximum absolute atomic E-state index is 13.4. The van der Waals surface area contributed by atoms with Crippen LogP contribution in [0.1, 0.15) is 32.9 Å². The van der Waals surface area contributed by atoms with Crippen molar-refractivity contribution in [3.63, 3.8) is 0 Å². The maximum atomic E-state index is 13.4. The number of carbonyl (C=O) groups excluding carboxylic acids is 3. The lowest BCUT2D eigenvalue weighted by atomic mass is 10.0. The third kappa shape index (κ3) is 3.92. The van der Waals surface area contributed by atoms with Gasteiger partial charge in [-0.2, -0.15) is 0 Å². The van der Waals surface area contributed by atoms with Gasteiger partial charge in [-0.1, -0.05) is 54.6 Å². The highest BCUT2D eigenvalue weighted by Crippen LogP contribution is 2.33. The molecule has 0 spiro atoms. The Hall–Kier alpha value is -3.71. The van der Waals surface area contributed by atoms with E-state index in [1.807, 2.05) is 77.7 Å². The Morgan fingerprint density at radius 1 is 1.00 bits per heavy atom. The third-order valence-electron chi connectivity index (χ3n) is 6.30. The summed E-state index contributed by atoms with van der Waals surface area (Å²) in [5.41, 5.74) is 3.17. The standard InChI is InChI=1S/C27H24N2O4S/c1-28-20-12-6-5-11-19(20)24(25(28)18-9-3-2-4-10-18)22(30)17-33-27(32)21-13-7-15-29(21)26(31)23-14-8-16-34-23/h2-6,8-12,14,16,21H,7,13,15,17H2,1H3/t21-/m0/s1. The minimum absolute atomic E-state index is 0.166. The first kappa shape index (κ1) is 22.1. The number of likely N-dealkylation sites (tertiary alicyclic amines) is 1. The molecule has 0 unspecified atom stereocenters. The highest BCUT2D eigenvalue weighted by molar-refractivity contribution is 7.12. The summed E-state index contributed by atoms with van der Waals surface area (Å²) in [6.07, 6.45) is 1.26. The predicted octanol–water partition coefficient (Wildman–Crippen LogP) is 4.94. The summed E-state index contributed by atoms with van der Waals surface area (Å²) < 4.78 is 7.50. The molecule has 0 aliphatic carbocycles. The molecular weight excluding hydrogens is 448 g/mol. The summed E-state index contributed by atoms with van der Waals surface area (Å²) in [6, 6.07) is 20.3. The summed E-state index contributed by atoms with van der Waals surface area (Å²) in [6.45, 7) is 0.135. The molecule has 3 heterocycles. The fourth-order valence-electron chi connectivity index (χ4n) is 4.71. The molecule has 2 aromatic heterocycles. The number of thiophene rings is 1. The number of Topliss-reactive ketones (excluding diaryl/α,β-unsaturated/α-hetero) is 1. The first-order valence-electron chi connectivity index (χ1n) is 11.2. The Morgan fingerprint density at radius 2 is 1.76 bits per heavy atom. The van der Waals surface area contributed by atoms with E-state index in [1.54, 1.807) is 11.0 Å². The van der Waals surface area contributed by atoms with Crippen LogP contribution in [-0.4, -0.2) is 46.3 Å². The van der Waals surface area contributed by atoms with Crippen LogP contribution in [0.15, 0.2) is 72.1 Å². The van der Waals surface area contributed by atoms with Gasteiger partial charge in [-0.3, -0.25) is 9.59 Å². The first-order valence-corrected chi connectivity index (χ1v) is 12.1. The number of ether oxygens (including phenoxy) is 1. The van der Waals surface area contributed by atoms with Gasteiger partial charge >= 0.3 is 5.97 Å². The smallest absolute Gasteiger partial charge is 0.329 e. The molecule has 5 rings (SSSR count). The van der Waals surface area contributed by atoms with Gasteiger partial charge in [0.15, 0.2) is 6.61 Å². The molecule has 0 N–H and O–H groups in total. The van der Waals surface area contributed by atoms with Gasteiger partial charge in [0.1, 0.15) is 6.04 Å². The van der Waals surface area contributed by atoms with E-state index in [0.717, 1.165) is 28.6 Å². The highest BCUT2D eigenvalue weighted by Gasteiger charge is 2.36. The predicted molar refractivity (Wildman–Crippen MR) is 132 cm³/mol. The quantitative estimate of drug-likeness (QED) is 0.295. The molecule has 1 fully saturated rings. The number of benzene rings is 2. The number of esters is 1. The van der Waals surface area contributed by atoms with Crippen LogP contribution in [0.3, 0.4) is 0 Å². The van der Waals surface area contributed by atoms with Gasteiger partial charge in [0.2, 0.25) is 5.78 Å². The van der Waals surface area contributed by atoms with Crippen LogP contribution in [-0.2, 0) is 16.6 Å². The van der Waals surface area contributed by atoms with Crippen LogP contribution in [0.25, 0.3) is 22.2 Å². The molecule has 0 radical (unpaired) electrons. The minimum Gasteiger partial charge on any atom is -0.456 e. The van der Waals surface area contributed by atoms with Crippen molar-refractivity contribution in [3.8, 4) is 11.3 Å². The number of aryl methyl sites for hydroxylation is 1. The summed E-state index contributed by atoms with van der Waals surface area (Å²) >= 11 is 1.35. The number of hydrogen-bond donors (Lipinski definition) is 0. The first-order chi connectivity index (χ1) is 16.6. The molecule has 0 saturated carbocycles. The van der Waals surface area contributed by atoms with E-state index >= 15 is 0 Å². The van der Waals surface area contributed by atoms with Crippen molar-refractivity contribution in [3.05, 3.63) is 82.6 Å². The van der Waals surface area contributed by atoms with E-state index < -0.39 is 12.0 Å². The van der Waals surface area contributed by atoms with Gasteiger partial charge < -0.3 is 14.2 Å². The fraction of sp³-hybridized carbons (Fsp3) is 0.222. The third-order valence-corrected chi connectivity index (χ3v) is 7.15. The van der Waals surface area contributed by atoms with Gasteiger partial charge in [-0.25, -0.2) is 4.79 Å². The van der Waals surface area contributed by atoms with Crippen molar-refractivity contribution in [1.29, 1.82) is 0 Å². The second-order valence-electron chi connectivity index (χ2n) is 8.33. The number of rotatable bonds is 6. The van der Waals surface area contributed by atoms with Crippen LogP contribution in [0.5, 0.6) is 0 Å². The number of amides is 1. The van der Waals surface area contributed by atoms with E-state index in [0.29, 0.717) is 23.4 Å². The van der Waals surface area contributed by atoms with Crippen LogP contribution in [0.2, 0.25) is 0 Å². The van der Waals surface area contributed by atoms with Crippen LogP contribution in [0.4, 0.5) is 0 Å². The van der Waals surface area contributed by atoms with Gasteiger partial charge in [-0.15, -0.1) is 11.3 Å². The largest absolute Gasteiger partial charge is 0.456 e. The fourth-order valence-corrected chi connectivity index (χ4v) is 5.39. The van der Waals surface area contributed by atoms with Gasteiger partial charge in [0.25, 0.3) is 5.91 Å². The molecular formula is C27H24N2O4S. The SMILES string of the molecule is Cn1c(-c2ccccc2)c(C(=O)COC(=O)[C@@H]2CCCN2C(=O)c2cccs2)c2ccccc21. The number of nitrogens with zero attached hydrogens (tertiary/aromatic N) is 2. The number of fused-ring (bicyclic) bond motifs is 1. The topological polar surface area (TPSA) is 68.6 Å². The average Bonchev–Trinajstić information content (AvgIpc) is 3.62. The molecule has 4 aromatic rings. The Bertz CT molecular complexity index is 1360. The molecule has 2 aromatic carbocycles. The average molecular weight is 473 g/mol. The number of carbonyl (C=O) groups is 3. The highest BCUT2D eigenvalue weighted by atomic mass is 32.1.